The number of ether oxygens (including phenoxy) is 18. The highest BCUT2D eigenvalue weighted by atomic mass is 16.7. The summed E-state index contributed by atoms with van der Waals surface area (Å²) in [6, 6.07) is 40.2. The third-order valence-corrected chi connectivity index (χ3v) is 18.8. The lowest BCUT2D eigenvalue weighted by Crippen LogP contribution is -2.38. The third kappa shape index (κ3) is 13.0. The Morgan fingerprint density at radius 1 is 0.378 bits per heavy atom. The van der Waals surface area contributed by atoms with E-state index in [-0.39, 0.29) is 46.5 Å². The van der Waals surface area contributed by atoms with Crippen molar-refractivity contribution in [3.05, 3.63) is 132 Å². The molecule has 18 rings (SSSR count). The fraction of sp³-hybridized carbons (Fsp3) is 0.355. The second kappa shape index (κ2) is 28.7. The molecular weight excluding hydrogens is 1260 g/mol. The van der Waals surface area contributed by atoms with Gasteiger partial charge in [-0.05, 0) is 119 Å². The van der Waals surface area contributed by atoms with Crippen LogP contribution in [-0.4, -0.2) is 180 Å². The van der Waals surface area contributed by atoms with E-state index in [0.29, 0.717) is 88.6 Å². The Morgan fingerprint density at radius 2 is 0.888 bits per heavy atom. The van der Waals surface area contributed by atoms with Gasteiger partial charge in [-0.1, -0.05) is 54.6 Å². The van der Waals surface area contributed by atoms with Crippen molar-refractivity contribution in [1.82, 2.24) is 14.7 Å². The summed E-state index contributed by atoms with van der Waals surface area (Å²) in [4.78, 5) is 20.2. The van der Waals surface area contributed by atoms with Gasteiger partial charge in [0.15, 0.2) is 57.5 Å². The van der Waals surface area contributed by atoms with E-state index < -0.39 is 0 Å². The van der Waals surface area contributed by atoms with Crippen LogP contribution < -0.4 is 66.3 Å². The molecule has 9 aliphatic heterocycles. The number of nitrogens with zero attached hydrogens (tertiary/aromatic N) is 3. The molecule has 0 atom stereocenters. The van der Waals surface area contributed by atoms with Gasteiger partial charge in [-0.3, -0.25) is 14.7 Å². The standard InChI is InChI=1S/C28H27NO8.C25H23NO8.C23H25NO3/c30-28-26-20(14-33-28)27(32-8-2-1-5-29-6-9-31-10-7-29)19-13-24-23(36-16-37-24)12-18(19)25(26)17-3-4-21-22(11-17)35-15-34-21;1-2-18-19(30-12-29-18)9-15(1)22-16-10-20-21(32-13-31-20)11-17(16)23(25-24(22)33-14-34-25)28-8-5-26-3-6-27-7-4-26;1-25-19-6-4-5-18(17-19)20-9-10-23(22-8-3-2-7-21(20)22)27-16-13-24-11-14-26-15-12-24/h3-4,11-13H,1-2,5-10,14-16H2;1-2,9-11H,3-8,12-14H2;2-10,17H,11-16H2,1H3. The van der Waals surface area contributed by atoms with Crippen LogP contribution in [0.4, 0.5) is 0 Å². The van der Waals surface area contributed by atoms with Gasteiger partial charge in [-0.25, -0.2) is 4.79 Å². The lowest BCUT2D eigenvalue weighted by Gasteiger charge is -2.26. The molecule has 9 aliphatic rings. The number of hydrogen-bond donors (Lipinski definition) is 0. The van der Waals surface area contributed by atoms with Crippen LogP contribution in [0.25, 0.3) is 65.7 Å². The Morgan fingerprint density at radius 3 is 1.51 bits per heavy atom. The van der Waals surface area contributed by atoms with Crippen LogP contribution in [0, 0.1) is 0 Å². The number of fused-ring (bicyclic) bond motifs is 9. The summed E-state index contributed by atoms with van der Waals surface area (Å²) in [6.07, 6.45) is 1.92. The Hall–Kier alpha value is -9.81. The predicted molar refractivity (Wildman–Crippen MR) is 362 cm³/mol. The van der Waals surface area contributed by atoms with Crippen molar-refractivity contribution in [1.29, 1.82) is 0 Å². The van der Waals surface area contributed by atoms with Crippen molar-refractivity contribution >= 4 is 38.3 Å². The molecule has 0 aromatic heterocycles. The number of benzene rings is 9. The number of cyclic esters (lactones) is 1. The van der Waals surface area contributed by atoms with E-state index in [1.54, 1.807) is 7.11 Å². The Labute approximate surface area is 565 Å². The zero-order valence-corrected chi connectivity index (χ0v) is 54.5. The molecule has 9 aromatic rings. The number of esters is 1. The molecule has 0 N–H and O–H groups in total. The van der Waals surface area contributed by atoms with Crippen LogP contribution >= 0.6 is 0 Å². The molecule has 22 nitrogen and oxygen atoms in total. The van der Waals surface area contributed by atoms with Crippen LogP contribution in [-0.2, 0) is 25.6 Å². The van der Waals surface area contributed by atoms with Crippen molar-refractivity contribution in [2.24, 2.45) is 0 Å². The first-order valence-electron chi connectivity index (χ1n) is 33.5. The number of carbonyl (C=O) groups excluding carboxylic acids is 1. The van der Waals surface area contributed by atoms with Crippen LogP contribution in [0.3, 0.4) is 0 Å². The van der Waals surface area contributed by atoms with E-state index in [2.05, 4.69) is 63.2 Å². The van der Waals surface area contributed by atoms with Gasteiger partial charge in [0, 0.05) is 90.6 Å². The fourth-order valence-electron chi connectivity index (χ4n) is 13.8. The smallest absolute Gasteiger partial charge is 0.339 e. The summed E-state index contributed by atoms with van der Waals surface area (Å²) in [5.74, 6) is 9.42. The van der Waals surface area contributed by atoms with Gasteiger partial charge >= 0.3 is 5.97 Å². The second-order valence-electron chi connectivity index (χ2n) is 24.5. The highest BCUT2D eigenvalue weighted by molar-refractivity contribution is 6.14. The minimum Gasteiger partial charge on any atom is -0.497 e. The molecular formula is C76H75N3O19. The van der Waals surface area contributed by atoms with Crippen LogP contribution in [0.5, 0.6) is 80.5 Å². The van der Waals surface area contributed by atoms with E-state index in [4.69, 9.17) is 85.3 Å². The van der Waals surface area contributed by atoms with Gasteiger partial charge < -0.3 is 85.3 Å². The minimum absolute atomic E-state index is 0.121. The van der Waals surface area contributed by atoms with Crippen molar-refractivity contribution in [2.45, 2.75) is 19.4 Å². The lowest BCUT2D eigenvalue weighted by molar-refractivity contribution is 0.0321. The molecule has 0 amide bonds. The first-order chi connectivity index (χ1) is 48.5. The van der Waals surface area contributed by atoms with E-state index in [1.807, 2.05) is 72.8 Å². The zero-order valence-electron chi connectivity index (χ0n) is 54.5. The van der Waals surface area contributed by atoms with E-state index >= 15 is 0 Å². The molecule has 0 saturated carbocycles. The van der Waals surface area contributed by atoms with Gasteiger partial charge in [0.1, 0.15) is 37.1 Å². The highest BCUT2D eigenvalue weighted by Gasteiger charge is 2.36. The number of carbonyl (C=O) groups is 1. The molecule has 98 heavy (non-hydrogen) atoms. The summed E-state index contributed by atoms with van der Waals surface area (Å²) in [5.41, 5.74) is 7.03. The Balaban J connectivity index is 0.000000116. The summed E-state index contributed by atoms with van der Waals surface area (Å²) in [6.45, 7) is 16.0. The molecule has 3 fully saturated rings. The van der Waals surface area contributed by atoms with E-state index in [1.165, 1.54) is 10.9 Å². The maximum atomic E-state index is 13.1. The first kappa shape index (κ1) is 63.0. The SMILES string of the molecule is COc1cccc(-c2ccc(OCCN3CCOCC3)c3ccccc23)c1.O=C1OCc2c1c(-c1ccc3c(c1)OCO3)c1cc3c(cc1c2OCCCCN1CCOCC1)OCO3.c1cc2c(cc1-c1c3c(c(OCCN4CCOCC4)c4cc5c(cc14)OCO5)OCO3)OCO2. The molecule has 22 heteroatoms. The minimum atomic E-state index is -0.362. The molecule has 3 saturated heterocycles. The Kier molecular flexibility index (Phi) is 18.4. The number of methoxy groups -OCH3 is 1. The van der Waals surface area contributed by atoms with Gasteiger partial charge in [0.2, 0.25) is 39.7 Å². The number of unbranched alkanes of at least 4 members (excludes halogenated alkanes) is 1. The summed E-state index contributed by atoms with van der Waals surface area (Å²) < 4.78 is 103. The van der Waals surface area contributed by atoms with Gasteiger partial charge in [0.05, 0.1) is 58.9 Å². The van der Waals surface area contributed by atoms with Crippen molar-refractivity contribution in [3.63, 3.8) is 0 Å². The van der Waals surface area contributed by atoms with Crippen molar-refractivity contribution in [3.8, 4) is 114 Å². The van der Waals surface area contributed by atoms with Crippen LogP contribution in [0.15, 0.2) is 121 Å². The molecule has 0 radical (unpaired) electrons. The molecule has 9 heterocycles. The lowest BCUT2D eigenvalue weighted by atomic mass is 9.89. The zero-order chi connectivity index (χ0) is 65.7. The van der Waals surface area contributed by atoms with Gasteiger partial charge in [0.25, 0.3) is 0 Å². The van der Waals surface area contributed by atoms with Crippen molar-refractivity contribution < 1.29 is 90.1 Å². The first-order valence-corrected chi connectivity index (χ1v) is 33.5. The van der Waals surface area contributed by atoms with E-state index in [0.717, 1.165) is 189 Å². The van der Waals surface area contributed by atoms with Gasteiger partial charge in [-0.2, -0.15) is 0 Å². The topological polar surface area (TPSA) is 193 Å². The maximum Gasteiger partial charge on any atom is 0.339 e. The average Bonchev–Trinajstić information content (AvgIpc) is 1.45. The summed E-state index contributed by atoms with van der Waals surface area (Å²) in [7, 11) is 1.70. The second-order valence-corrected chi connectivity index (χ2v) is 24.5. The number of rotatable bonds is 18. The third-order valence-electron chi connectivity index (χ3n) is 18.8. The molecule has 0 spiro atoms. The molecule has 0 aliphatic carbocycles. The summed E-state index contributed by atoms with van der Waals surface area (Å²) in [5, 5.41) is 5.83. The average molecular weight is 1330 g/mol. The molecule has 9 aromatic carbocycles. The Bertz CT molecular complexity index is 4430. The van der Waals surface area contributed by atoms with Crippen molar-refractivity contribution in [2.75, 3.05) is 159 Å². The van der Waals surface area contributed by atoms with Crippen LogP contribution in [0.1, 0.15) is 28.8 Å². The largest absolute Gasteiger partial charge is 0.497 e. The predicted octanol–water partition coefficient (Wildman–Crippen LogP) is 11.8. The molecule has 0 unspecified atom stereocenters. The fourth-order valence-corrected chi connectivity index (χ4v) is 13.8. The van der Waals surface area contributed by atoms with E-state index in [9.17, 15) is 4.79 Å². The normalized spacial score (nSPS) is 17.1. The highest BCUT2D eigenvalue weighted by Crippen LogP contribution is 2.57. The quantitative estimate of drug-likeness (QED) is 0.0581. The summed E-state index contributed by atoms with van der Waals surface area (Å²) >= 11 is 0. The van der Waals surface area contributed by atoms with Gasteiger partial charge in [-0.15, -0.1) is 0 Å². The monoisotopic (exact) mass is 1330 g/mol. The molecule has 0 bridgehead atoms. The van der Waals surface area contributed by atoms with Crippen LogP contribution in [0.2, 0.25) is 0 Å². The number of morpholine rings is 3. The maximum absolute atomic E-state index is 13.1. The number of hydrogen-bond acceptors (Lipinski definition) is 22. The molecule has 508 valence electrons.